The zero-order valence-electron chi connectivity index (χ0n) is 11.2. The number of nitrogens with one attached hydrogen (secondary N) is 1. The molecular weight excluding hydrogens is 232 g/mol. The van der Waals surface area contributed by atoms with Crippen molar-refractivity contribution >= 4 is 11.9 Å². The Balaban J connectivity index is 3.50. The van der Waals surface area contributed by atoms with Gasteiger partial charge in [0.15, 0.2) is 5.96 Å². The first-order valence-electron chi connectivity index (χ1n) is 6.60. The topological polar surface area (TPSA) is 114 Å². The summed E-state index contributed by atoms with van der Waals surface area (Å²) in [6, 6.07) is -0.802. The minimum absolute atomic E-state index is 0.419. The molecule has 0 heterocycles. The lowest BCUT2D eigenvalue weighted by Gasteiger charge is -2.06. The number of unbranched alkanes of at least 4 members (excludes halogenated alkanes) is 3. The third-order valence-electron chi connectivity index (χ3n) is 2.61. The zero-order valence-corrected chi connectivity index (χ0v) is 11.2. The van der Waals surface area contributed by atoms with E-state index in [2.05, 4.69) is 17.2 Å². The lowest BCUT2D eigenvalue weighted by Crippen LogP contribution is -2.33. The van der Waals surface area contributed by atoms with Crippen molar-refractivity contribution < 1.29 is 9.90 Å². The number of guanidine groups is 1. The van der Waals surface area contributed by atoms with E-state index in [9.17, 15) is 4.79 Å². The van der Waals surface area contributed by atoms with Crippen LogP contribution in [0.2, 0.25) is 0 Å². The molecule has 6 N–H and O–H groups in total. The highest BCUT2D eigenvalue weighted by molar-refractivity contribution is 5.77. The van der Waals surface area contributed by atoms with Crippen LogP contribution in [0.15, 0.2) is 4.99 Å². The molecule has 0 aliphatic carbocycles. The van der Waals surface area contributed by atoms with Crippen molar-refractivity contribution in [1.29, 1.82) is 0 Å². The Morgan fingerprint density at radius 2 is 2.06 bits per heavy atom. The maximum absolute atomic E-state index is 10.5. The summed E-state index contributed by atoms with van der Waals surface area (Å²) in [5.41, 5.74) is 11.0. The van der Waals surface area contributed by atoms with Gasteiger partial charge in [0, 0.05) is 13.1 Å². The Morgan fingerprint density at radius 3 is 2.67 bits per heavy atom. The monoisotopic (exact) mass is 258 g/mol. The van der Waals surface area contributed by atoms with E-state index in [0.29, 0.717) is 25.3 Å². The van der Waals surface area contributed by atoms with E-state index in [1.54, 1.807) is 0 Å². The third-order valence-corrected chi connectivity index (χ3v) is 2.61. The molecule has 0 bridgehead atoms. The van der Waals surface area contributed by atoms with E-state index >= 15 is 0 Å². The van der Waals surface area contributed by atoms with Crippen LogP contribution in [0.1, 0.15) is 45.4 Å². The van der Waals surface area contributed by atoms with Crippen LogP contribution in [0.4, 0.5) is 0 Å². The number of carboxylic acid groups (broad SMARTS) is 1. The largest absolute Gasteiger partial charge is 0.480 e. The van der Waals surface area contributed by atoms with Crippen molar-refractivity contribution in [3.8, 4) is 0 Å². The van der Waals surface area contributed by atoms with Gasteiger partial charge in [-0.05, 0) is 19.3 Å². The number of aliphatic imine (C=N–C) groups is 1. The average Bonchev–Trinajstić information content (AvgIpc) is 2.34. The second kappa shape index (κ2) is 10.8. The molecule has 6 heteroatoms. The number of hydrogen-bond donors (Lipinski definition) is 4. The predicted octanol–water partition coefficient (Wildman–Crippen LogP) is 0.663. The van der Waals surface area contributed by atoms with Gasteiger partial charge in [-0.2, -0.15) is 0 Å². The molecule has 0 aliphatic rings. The summed E-state index contributed by atoms with van der Waals surface area (Å²) in [6.45, 7) is 3.52. The Kier molecular flexibility index (Phi) is 10.0. The first-order chi connectivity index (χ1) is 8.57. The Morgan fingerprint density at radius 1 is 1.33 bits per heavy atom. The summed E-state index contributed by atoms with van der Waals surface area (Å²) in [5.74, 6) is -0.545. The van der Waals surface area contributed by atoms with E-state index in [1.807, 2.05) is 0 Å². The lowest BCUT2D eigenvalue weighted by atomic mass is 10.2. The fraction of sp³-hybridized carbons (Fsp3) is 0.833. The van der Waals surface area contributed by atoms with Gasteiger partial charge in [-0.15, -0.1) is 0 Å². The van der Waals surface area contributed by atoms with Crippen molar-refractivity contribution in [3.05, 3.63) is 0 Å². The molecular formula is C12H26N4O2. The first kappa shape index (κ1) is 16.7. The number of carbonyl (C=O) groups is 1. The Hall–Kier alpha value is -1.30. The summed E-state index contributed by atoms with van der Waals surface area (Å²) < 4.78 is 0. The molecule has 6 nitrogen and oxygen atoms in total. The highest BCUT2D eigenvalue weighted by Gasteiger charge is 2.09. The van der Waals surface area contributed by atoms with Gasteiger partial charge in [0.25, 0.3) is 0 Å². The van der Waals surface area contributed by atoms with Gasteiger partial charge in [0.1, 0.15) is 6.04 Å². The van der Waals surface area contributed by atoms with Crippen LogP contribution in [0, 0.1) is 0 Å². The summed E-state index contributed by atoms with van der Waals surface area (Å²) in [7, 11) is 0. The van der Waals surface area contributed by atoms with Crippen molar-refractivity contribution in [3.63, 3.8) is 0 Å². The molecule has 0 radical (unpaired) electrons. The van der Waals surface area contributed by atoms with Gasteiger partial charge >= 0.3 is 5.97 Å². The van der Waals surface area contributed by atoms with Gasteiger partial charge in [-0.3, -0.25) is 9.79 Å². The van der Waals surface area contributed by atoms with Crippen LogP contribution in [-0.4, -0.2) is 36.2 Å². The zero-order chi connectivity index (χ0) is 13.8. The Bertz CT molecular complexity index is 256. The van der Waals surface area contributed by atoms with Crippen LogP contribution in [-0.2, 0) is 4.79 Å². The minimum atomic E-state index is -0.971. The van der Waals surface area contributed by atoms with Gasteiger partial charge in [-0.1, -0.05) is 26.2 Å². The molecule has 0 rings (SSSR count). The quantitative estimate of drug-likeness (QED) is 0.261. The van der Waals surface area contributed by atoms with Crippen molar-refractivity contribution in [1.82, 2.24) is 5.32 Å². The number of rotatable bonds is 10. The van der Waals surface area contributed by atoms with E-state index in [4.69, 9.17) is 16.6 Å². The molecule has 0 aliphatic heterocycles. The van der Waals surface area contributed by atoms with Crippen molar-refractivity contribution in [2.75, 3.05) is 13.1 Å². The number of aliphatic carboxylic acids is 1. The number of carboxylic acids is 1. The number of nitrogens with two attached hydrogens (primary N) is 2. The standard InChI is InChI=1S/C12H26N4O2/c1-2-3-4-5-8-15-12(14)16-9-6-7-10(13)11(17)18/h10H,2-9,13H2,1H3,(H,17,18)(H3,14,15,16). The number of hydrogen-bond acceptors (Lipinski definition) is 3. The van der Waals surface area contributed by atoms with Gasteiger partial charge in [-0.25, -0.2) is 0 Å². The molecule has 0 aromatic rings. The van der Waals surface area contributed by atoms with Crippen LogP contribution < -0.4 is 16.8 Å². The van der Waals surface area contributed by atoms with Gasteiger partial charge in [0.2, 0.25) is 0 Å². The van der Waals surface area contributed by atoms with Crippen molar-refractivity contribution in [2.45, 2.75) is 51.5 Å². The predicted molar refractivity (Wildman–Crippen MR) is 73.5 cm³/mol. The third kappa shape index (κ3) is 9.89. The SMILES string of the molecule is CCCCCCNC(N)=NCCCC(N)C(=O)O. The van der Waals surface area contributed by atoms with Crippen molar-refractivity contribution in [2.24, 2.45) is 16.5 Å². The van der Waals surface area contributed by atoms with E-state index in [1.165, 1.54) is 19.3 Å². The molecule has 0 aromatic carbocycles. The lowest BCUT2D eigenvalue weighted by molar-refractivity contribution is -0.138. The van der Waals surface area contributed by atoms with E-state index < -0.39 is 12.0 Å². The molecule has 1 unspecified atom stereocenters. The highest BCUT2D eigenvalue weighted by Crippen LogP contribution is 1.97. The van der Waals surface area contributed by atoms with E-state index in [-0.39, 0.29) is 0 Å². The molecule has 0 amide bonds. The normalized spacial score (nSPS) is 13.3. The second-order valence-electron chi connectivity index (χ2n) is 4.34. The smallest absolute Gasteiger partial charge is 0.320 e. The first-order valence-corrected chi connectivity index (χ1v) is 6.60. The van der Waals surface area contributed by atoms with Gasteiger partial charge < -0.3 is 21.9 Å². The minimum Gasteiger partial charge on any atom is -0.480 e. The van der Waals surface area contributed by atoms with Crippen LogP contribution in [0.5, 0.6) is 0 Å². The molecule has 106 valence electrons. The maximum Gasteiger partial charge on any atom is 0.320 e. The summed E-state index contributed by atoms with van der Waals surface area (Å²) in [5, 5.41) is 11.6. The van der Waals surface area contributed by atoms with Crippen LogP contribution in [0.3, 0.4) is 0 Å². The maximum atomic E-state index is 10.5. The number of nitrogens with zero attached hydrogens (tertiary/aromatic N) is 1. The average molecular weight is 258 g/mol. The molecule has 0 saturated carbocycles. The van der Waals surface area contributed by atoms with Crippen LogP contribution in [0.25, 0.3) is 0 Å². The Labute approximate surface area is 109 Å². The molecule has 0 spiro atoms. The second-order valence-corrected chi connectivity index (χ2v) is 4.34. The molecule has 18 heavy (non-hydrogen) atoms. The summed E-state index contributed by atoms with van der Waals surface area (Å²) in [4.78, 5) is 14.6. The highest BCUT2D eigenvalue weighted by atomic mass is 16.4. The fourth-order valence-corrected chi connectivity index (χ4v) is 1.46. The summed E-state index contributed by atoms with van der Waals surface area (Å²) in [6.07, 6.45) is 5.80. The van der Waals surface area contributed by atoms with Crippen LogP contribution >= 0.6 is 0 Å². The van der Waals surface area contributed by atoms with Gasteiger partial charge in [0.05, 0.1) is 0 Å². The fourth-order valence-electron chi connectivity index (χ4n) is 1.46. The molecule has 0 fully saturated rings. The molecule has 1 atom stereocenters. The summed E-state index contributed by atoms with van der Waals surface area (Å²) >= 11 is 0. The van der Waals surface area contributed by atoms with E-state index in [0.717, 1.165) is 13.0 Å². The molecule has 0 saturated heterocycles. The molecule has 0 aromatic heterocycles.